The van der Waals surface area contributed by atoms with Crippen LogP contribution in [0.3, 0.4) is 0 Å². The van der Waals surface area contributed by atoms with E-state index < -0.39 is 0 Å². The van der Waals surface area contributed by atoms with Crippen LogP contribution in [0.1, 0.15) is 28.1 Å². The van der Waals surface area contributed by atoms with Gasteiger partial charge in [0.1, 0.15) is 0 Å². The van der Waals surface area contributed by atoms with Crippen LogP contribution < -0.4 is 5.43 Å². The summed E-state index contributed by atoms with van der Waals surface area (Å²) in [6.07, 6.45) is 1.70. The van der Waals surface area contributed by atoms with E-state index >= 15 is 0 Å². The number of carbonyl (C=O) groups is 1. The lowest BCUT2D eigenvalue weighted by molar-refractivity contribution is -0.118. The number of halogens is 1. The number of benzene rings is 2. The van der Waals surface area contributed by atoms with Crippen molar-refractivity contribution in [2.45, 2.75) is 26.5 Å². The first-order chi connectivity index (χ1) is 14.0. The third kappa shape index (κ3) is 5.31. The monoisotopic (exact) mass is 425 g/mol. The summed E-state index contributed by atoms with van der Waals surface area (Å²) >= 11 is 7.64. The molecule has 29 heavy (non-hydrogen) atoms. The Kier molecular flexibility index (Phi) is 7.18. The first-order valence-electron chi connectivity index (χ1n) is 9.35. The summed E-state index contributed by atoms with van der Waals surface area (Å²) in [5, 5.41) is 4.86. The van der Waals surface area contributed by atoms with Gasteiger partial charge in [0.2, 0.25) is 5.91 Å². The number of hydrogen-bond acceptors (Lipinski definition) is 3. The van der Waals surface area contributed by atoms with Gasteiger partial charge in [-0.1, -0.05) is 48.0 Å². The molecule has 0 unspecified atom stereocenters. The summed E-state index contributed by atoms with van der Waals surface area (Å²) in [5.74, 6) is 0.880. The fraction of sp³-hybridized carbons (Fsp3) is 0.217. The van der Waals surface area contributed by atoms with Gasteiger partial charge in [-0.2, -0.15) is 5.10 Å². The summed E-state index contributed by atoms with van der Waals surface area (Å²) in [6, 6.07) is 18.0. The van der Waals surface area contributed by atoms with Crippen LogP contribution in [0, 0.1) is 20.8 Å². The fourth-order valence-electron chi connectivity index (χ4n) is 3.18. The van der Waals surface area contributed by atoms with Crippen molar-refractivity contribution in [3.05, 3.63) is 87.7 Å². The third-order valence-corrected chi connectivity index (χ3v) is 6.02. The van der Waals surface area contributed by atoms with Gasteiger partial charge in [-0.05, 0) is 50.1 Å². The first-order valence-corrected chi connectivity index (χ1v) is 10.9. The van der Waals surface area contributed by atoms with E-state index in [0.29, 0.717) is 11.5 Å². The molecule has 0 saturated carbocycles. The van der Waals surface area contributed by atoms with Crippen molar-refractivity contribution in [2.24, 2.45) is 5.10 Å². The fourth-order valence-corrected chi connectivity index (χ4v) is 4.28. The number of carbonyl (C=O) groups excluding carboxylic acids is 1. The van der Waals surface area contributed by atoms with Gasteiger partial charge in [-0.3, -0.25) is 4.79 Å². The molecule has 4 nitrogen and oxygen atoms in total. The van der Waals surface area contributed by atoms with Gasteiger partial charge in [-0.15, -0.1) is 11.8 Å². The van der Waals surface area contributed by atoms with Crippen molar-refractivity contribution in [2.75, 3.05) is 5.75 Å². The summed E-state index contributed by atoms with van der Waals surface area (Å²) < 4.78 is 2.21. The topological polar surface area (TPSA) is 46.4 Å². The number of rotatable bonds is 7. The second-order valence-electron chi connectivity index (χ2n) is 6.83. The van der Waals surface area contributed by atoms with Crippen molar-refractivity contribution < 1.29 is 4.79 Å². The lowest BCUT2D eigenvalue weighted by atomic mass is 10.2. The minimum atomic E-state index is -0.133. The molecule has 0 bridgehead atoms. The van der Waals surface area contributed by atoms with E-state index in [1.54, 1.807) is 6.21 Å². The highest BCUT2D eigenvalue weighted by molar-refractivity contribution is 7.99. The van der Waals surface area contributed by atoms with Crippen LogP contribution in [-0.4, -0.2) is 22.4 Å². The van der Waals surface area contributed by atoms with Gasteiger partial charge in [0, 0.05) is 33.4 Å². The minimum Gasteiger partial charge on any atom is -0.318 e. The van der Waals surface area contributed by atoms with Crippen LogP contribution in [0.5, 0.6) is 0 Å². The maximum absolute atomic E-state index is 12.0. The van der Waals surface area contributed by atoms with E-state index in [0.717, 1.165) is 33.2 Å². The number of aromatic nitrogens is 1. The normalized spacial score (nSPS) is 11.2. The van der Waals surface area contributed by atoms with Crippen molar-refractivity contribution >= 4 is 35.5 Å². The number of thioether (sulfide) groups is 1. The molecule has 3 rings (SSSR count). The second-order valence-corrected chi connectivity index (χ2v) is 8.22. The molecule has 3 aromatic rings. The number of nitrogens with zero attached hydrogens (tertiary/aromatic N) is 2. The molecule has 1 amide bonds. The van der Waals surface area contributed by atoms with E-state index in [2.05, 4.69) is 54.1 Å². The molecule has 0 fully saturated rings. The predicted molar refractivity (Wildman–Crippen MR) is 123 cm³/mol. The van der Waals surface area contributed by atoms with Crippen molar-refractivity contribution in [1.29, 1.82) is 0 Å². The van der Waals surface area contributed by atoms with Gasteiger partial charge in [0.05, 0.1) is 12.0 Å². The van der Waals surface area contributed by atoms with Crippen LogP contribution in [-0.2, 0) is 10.5 Å². The first kappa shape index (κ1) is 21.2. The number of para-hydroxylation sites is 1. The quantitative estimate of drug-likeness (QED) is 0.404. The van der Waals surface area contributed by atoms with Crippen LogP contribution in [0.2, 0.25) is 5.02 Å². The Labute approximate surface area is 181 Å². The van der Waals surface area contributed by atoms with Gasteiger partial charge in [-0.25, -0.2) is 5.43 Å². The van der Waals surface area contributed by atoms with E-state index in [4.69, 9.17) is 11.6 Å². The van der Waals surface area contributed by atoms with Crippen LogP contribution in [0.15, 0.2) is 59.7 Å². The van der Waals surface area contributed by atoms with Crippen LogP contribution in [0.25, 0.3) is 5.69 Å². The minimum absolute atomic E-state index is 0.133. The number of aryl methyl sites for hydroxylation is 2. The summed E-state index contributed by atoms with van der Waals surface area (Å²) in [6.45, 7) is 6.23. The molecule has 0 spiro atoms. The Morgan fingerprint density at radius 1 is 1.14 bits per heavy atom. The average molecular weight is 426 g/mol. The SMILES string of the molecule is Cc1ccccc1-n1c(C)cc(/C=N/NC(=O)CSCc2ccccc2Cl)c1C. The molecular formula is C23H24ClN3OS. The maximum atomic E-state index is 12.0. The number of nitrogens with one attached hydrogen (secondary N) is 1. The number of amides is 1. The lowest BCUT2D eigenvalue weighted by Gasteiger charge is -2.12. The van der Waals surface area contributed by atoms with Gasteiger partial charge in [0.15, 0.2) is 0 Å². The van der Waals surface area contributed by atoms with Crippen molar-refractivity contribution in [3.63, 3.8) is 0 Å². The Morgan fingerprint density at radius 2 is 1.86 bits per heavy atom. The van der Waals surface area contributed by atoms with Gasteiger partial charge in [0.25, 0.3) is 0 Å². The highest BCUT2D eigenvalue weighted by Crippen LogP contribution is 2.22. The van der Waals surface area contributed by atoms with E-state index in [1.165, 1.54) is 17.3 Å². The Balaban J connectivity index is 1.58. The molecule has 0 saturated heterocycles. The Hall–Kier alpha value is -2.50. The molecule has 1 aromatic heterocycles. The molecule has 0 aliphatic carbocycles. The zero-order chi connectivity index (χ0) is 20.8. The van der Waals surface area contributed by atoms with E-state index in [1.807, 2.05) is 36.4 Å². The zero-order valence-electron chi connectivity index (χ0n) is 16.8. The molecular weight excluding hydrogens is 402 g/mol. The largest absolute Gasteiger partial charge is 0.318 e. The molecule has 6 heteroatoms. The highest BCUT2D eigenvalue weighted by Gasteiger charge is 2.11. The lowest BCUT2D eigenvalue weighted by Crippen LogP contribution is -2.19. The highest BCUT2D eigenvalue weighted by atomic mass is 35.5. The number of hydrazone groups is 1. The molecule has 1 heterocycles. The molecule has 0 aliphatic heterocycles. The molecule has 2 aromatic carbocycles. The van der Waals surface area contributed by atoms with Crippen LogP contribution in [0.4, 0.5) is 0 Å². The Morgan fingerprint density at radius 3 is 2.62 bits per heavy atom. The van der Waals surface area contributed by atoms with Crippen molar-refractivity contribution in [1.82, 2.24) is 9.99 Å². The molecule has 0 radical (unpaired) electrons. The molecule has 150 valence electrons. The average Bonchev–Trinajstić information content (AvgIpc) is 2.97. The van der Waals surface area contributed by atoms with Crippen LogP contribution >= 0.6 is 23.4 Å². The smallest absolute Gasteiger partial charge is 0.250 e. The van der Waals surface area contributed by atoms with Gasteiger partial charge >= 0.3 is 0 Å². The maximum Gasteiger partial charge on any atom is 0.250 e. The van der Waals surface area contributed by atoms with Gasteiger partial charge < -0.3 is 4.57 Å². The second kappa shape index (κ2) is 9.81. The number of hydrogen-bond donors (Lipinski definition) is 1. The molecule has 1 N–H and O–H groups in total. The Bertz CT molecular complexity index is 1040. The molecule has 0 atom stereocenters. The van der Waals surface area contributed by atoms with E-state index in [-0.39, 0.29) is 5.91 Å². The third-order valence-electron chi connectivity index (χ3n) is 4.67. The summed E-state index contributed by atoms with van der Waals surface area (Å²) in [4.78, 5) is 12.0. The predicted octanol–water partition coefficient (Wildman–Crippen LogP) is 5.44. The summed E-state index contributed by atoms with van der Waals surface area (Å²) in [5.41, 5.74) is 9.19. The van der Waals surface area contributed by atoms with Crippen molar-refractivity contribution in [3.8, 4) is 5.69 Å². The zero-order valence-corrected chi connectivity index (χ0v) is 18.3. The summed E-state index contributed by atoms with van der Waals surface area (Å²) in [7, 11) is 0. The van der Waals surface area contributed by atoms with E-state index in [9.17, 15) is 4.79 Å². The standard InChI is InChI=1S/C23H24ClN3OS/c1-16-8-4-7-11-22(16)27-17(2)12-20(18(27)3)13-25-26-23(28)15-29-14-19-9-5-6-10-21(19)24/h4-13H,14-15H2,1-3H3,(H,26,28)/b25-13+. The molecule has 0 aliphatic rings.